The van der Waals surface area contributed by atoms with Gasteiger partial charge in [-0.1, -0.05) is 13.8 Å². The molecule has 22 heavy (non-hydrogen) atoms. The van der Waals surface area contributed by atoms with E-state index >= 15 is 0 Å². The first-order valence-corrected chi connectivity index (χ1v) is 8.27. The summed E-state index contributed by atoms with van der Waals surface area (Å²) in [6.45, 7) is 7.43. The molecule has 0 radical (unpaired) electrons. The fourth-order valence-electron chi connectivity index (χ4n) is 2.34. The van der Waals surface area contributed by atoms with Gasteiger partial charge < -0.3 is 14.1 Å². The number of nitrogens with zero attached hydrogens (tertiary/aromatic N) is 3. The Balaban J connectivity index is 1.73. The Morgan fingerprint density at radius 1 is 1.41 bits per heavy atom. The van der Waals surface area contributed by atoms with E-state index in [2.05, 4.69) is 10.2 Å². The van der Waals surface area contributed by atoms with E-state index < -0.39 is 0 Å². The number of hydrogen-bond acceptors (Lipinski definition) is 6. The average molecular weight is 321 g/mol. The molecule has 1 amide bonds. The minimum atomic E-state index is -0.350. The number of rotatable bonds is 3. The molecule has 1 fully saturated rings. The van der Waals surface area contributed by atoms with Crippen molar-refractivity contribution in [3.63, 3.8) is 0 Å². The van der Waals surface area contributed by atoms with E-state index in [4.69, 9.17) is 9.15 Å². The maximum atomic E-state index is 12.6. The fourth-order valence-corrected chi connectivity index (χ4v) is 3.17. The van der Waals surface area contributed by atoms with E-state index in [0.717, 1.165) is 11.1 Å². The molecule has 0 unspecified atom stereocenters. The summed E-state index contributed by atoms with van der Waals surface area (Å²) in [6.07, 6.45) is -0.350. The van der Waals surface area contributed by atoms with Crippen molar-refractivity contribution in [1.82, 2.24) is 15.1 Å². The fraction of sp³-hybridized carbons (Fsp3) is 0.533. The number of morpholine rings is 1. The lowest BCUT2D eigenvalue weighted by atomic mass is 10.1. The summed E-state index contributed by atoms with van der Waals surface area (Å²) in [4.78, 5) is 14.4. The molecule has 0 aliphatic carbocycles. The topological polar surface area (TPSA) is 68.5 Å². The minimum Gasteiger partial charge on any atom is -0.422 e. The molecular weight excluding hydrogens is 302 g/mol. The quantitative estimate of drug-likeness (QED) is 0.869. The summed E-state index contributed by atoms with van der Waals surface area (Å²) in [6, 6.07) is 0. The van der Waals surface area contributed by atoms with Gasteiger partial charge >= 0.3 is 0 Å². The van der Waals surface area contributed by atoms with Gasteiger partial charge in [0.25, 0.3) is 5.91 Å². The molecule has 1 aliphatic rings. The number of aryl methyl sites for hydroxylation is 1. The van der Waals surface area contributed by atoms with Crippen molar-refractivity contribution < 1.29 is 13.9 Å². The molecule has 0 aromatic carbocycles. The predicted octanol–water partition coefficient (Wildman–Crippen LogP) is 2.78. The number of hydrogen-bond donors (Lipinski definition) is 0. The molecule has 118 valence electrons. The van der Waals surface area contributed by atoms with Gasteiger partial charge in [0.1, 0.15) is 0 Å². The van der Waals surface area contributed by atoms with Crippen LogP contribution in [0.5, 0.6) is 0 Å². The molecule has 3 heterocycles. The highest BCUT2D eigenvalue weighted by Gasteiger charge is 2.30. The van der Waals surface area contributed by atoms with Gasteiger partial charge in [0, 0.05) is 17.8 Å². The third kappa shape index (κ3) is 2.91. The number of thiophene rings is 1. The smallest absolute Gasteiger partial charge is 0.255 e. The van der Waals surface area contributed by atoms with Gasteiger partial charge in [-0.05, 0) is 17.9 Å². The van der Waals surface area contributed by atoms with E-state index in [0.29, 0.717) is 31.5 Å². The van der Waals surface area contributed by atoms with Gasteiger partial charge in [0.15, 0.2) is 6.10 Å². The van der Waals surface area contributed by atoms with Crippen LogP contribution in [0.3, 0.4) is 0 Å². The van der Waals surface area contributed by atoms with Crippen molar-refractivity contribution in [2.45, 2.75) is 32.8 Å². The van der Waals surface area contributed by atoms with Gasteiger partial charge in [-0.3, -0.25) is 4.79 Å². The number of carbonyl (C=O) groups is 1. The molecule has 6 nitrogen and oxygen atoms in total. The monoisotopic (exact) mass is 321 g/mol. The summed E-state index contributed by atoms with van der Waals surface area (Å²) in [7, 11) is 0. The first-order chi connectivity index (χ1) is 10.6. The molecule has 0 bridgehead atoms. The van der Waals surface area contributed by atoms with Crippen LogP contribution in [-0.2, 0) is 4.74 Å². The zero-order chi connectivity index (χ0) is 15.7. The molecule has 1 atom stereocenters. The largest absolute Gasteiger partial charge is 0.422 e. The van der Waals surface area contributed by atoms with Gasteiger partial charge in [0.2, 0.25) is 11.8 Å². The number of carbonyl (C=O) groups excluding carboxylic acids is 1. The molecular formula is C15H19N3O3S. The average Bonchev–Trinajstić information content (AvgIpc) is 3.15. The van der Waals surface area contributed by atoms with E-state index in [1.54, 1.807) is 16.2 Å². The number of ether oxygens (including phenoxy) is 1. The SMILES string of the molecule is Cc1cscc1C(=O)N1CCO[C@@H](c2nnc(C(C)C)o2)C1. The molecule has 3 rings (SSSR count). The van der Waals surface area contributed by atoms with Crippen LogP contribution >= 0.6 is 11.3 Å². The molecule has 7 heteroatoms. The summed E-state index contributed by atoms with van der Waals surface area (Å²) < 4.78 is 11.3. The van der Waals surface area contributed by atoms with Crippen molar-refractivity contribution in [1.29, 1.82) is 0 Å². The van der Waals surface area contributed by atoms with Crippen LogP contribution in [0.4, 0.5) is 0 Å². The first-order valence-electron chi connectivity index (χ1n) is 7.33. The molecule has 0 spiro atoms. The lowest BCUT2D eigenvalue weighted by Crippen LogP contribution is -2.42. The summed E-state index contributed by atoms with van der Waals surface area (Å²) in [5.74, 6) is 1.26. The first kappa shape index (κ1) is 15.2. The Hall–Kier alpha value is -1.73. The number of amides is 1. The Morgan fingerprint density at radius 2 is 2.23 bits per heavy atom. The Labute approximate surface area is 133 Å². The van der Waals surface area contributed by atoms with E-state index in [-0.39, 0.29) is 17.9 Å². The third-order valence-electron chi connectivity index (χ3n) is 3.67. The molecule has 0 saturated carbocycles. The highest BCUT2D eigenvalue weighted by molar-refractivity contribution is 7.08. The number of aromatic nitrogens is 2. The summed E-state index contributed by atoms with van der Waals surface area (Å²) in [5.41, 5.74) is 1.77. The van der Waals surface area contributed by atoms with Crippen molar-refractivity contribution in [2.24, 2.45) is 0 Å². The van der Waals surface area contributed by atoms with Crippen LogP contribution in [0.1, 0.15) is 53.6 Å². The molecule has 0 N–H and O–H groups in total. The summed E-state index contributed by atoms with van der Waals surface area (Å²) in [5, 5.41) is 12.0. The van der Waals surface area contributed by atoms with Crippen LogP contribution in [0.25, 0.3) is 0 Å². The van der Waals surface area contributed by atoms with Crippen LogP contribution in [0.15, 0.2) is 15.2 Å². The van der Waals surface area contributed by atoms with E-state index in [1.165, 1.54) is 0 Å². The van der Waals surface area contributed by atoms with Gasteiger partial charge in [0.05, 0.1) is 18.7 Å². The van der Waals surface area contributed by atoms with E-state index in [9.17, 15) is 4.79 Å². The second kappa shape index (κ2) is 6.18. The third-order valence-corrected chi connectivity index (χ3v) is 4.53. The molecule has 2 aromatic heterocycles. The van der Waals surface area contributed by atoms with Crippen LogP contribution in [0.2, 0.25) is 0 Å². The Bertz CT molecular complexity index is 665. The zero-order valence-corrected chi connectivity index (χ0v) is 13.7. The molecule has 2 aromatic rings. The maximum Gasteiger partial charge on any atom is 0.255 e. The second-order valence-corrected chi connectivity index (χ2v) is 6.46. The zero-order valence-electron chi connectivity index (χ0n) is 12.9. The van der Waals surface area contributed by atoms with Gasteiger partial charge in [-0.15, -0.1) is 10.2 Å². The predicted molar refractivity (Wildman–Crippen MR) is 82.0 cm³/mol. The Kier molecular flexibility index (Phi) is 4.26. The summed E-state index contributed by atoms with van der Waals surface area (Å²) >= 11 is 1.54. The normalized spacial score (nSPS) is 18.9. The van der Waals surface area contributed by atoms with Gasteiger partial charge in [-0.2, -0.15) is 11.3 Å². The van der Waals surface area contributed by atoms with Gasteiger partial charge in [-0.25, -0.2) is 0 Å². The highest BCUT2D eigenvalue weighted by atomic mass is 32.1. The lowest BCUT2D eigenvalue weighted by molar-refractivity contribution is -0.0351. The lowest BCUT2D eigenvalue weighted by Gasteiger charge is -2.31. The standard InChI is InChI=1S/C15H19N3O3S/c1-9(2)13-16-17-14(21-13)12-6-18(4-5-20-12)15(19)11-8-22-7-10(11)3/h7-9,12H,4-6H2,1-3H3/t12-/m1/s1. The second-order valence-electron chi connectivity index (χ2n) is 5.71. The minimum absolute atomic E-state index is 0.0376. The van der Waals surface area contributed by atoms with Crippen LogP contribution in [-0.4, -0.2) is 40.7 Å². The van der Waals surface area contributed by atoms with Crippen LogP contribution < -0.4 is 0 Å². The van der Waals surface area contributed by atoms with Crippen molar-refractivity contribution in [2.75, 3.05) is 19.7 Å². The Morgan fingerprint density at radius 3 is 2.86 bits per heavy atom. The van der Waals surface area contributed by atoms with Crippen molar-refractivity contribution in [3.05, 3.63) is 33.7 Å². The maximum absolute atomic E-state index is 12.6. The van der Waals surface area contributed by atoms with Crippen LogP contribution in [0, 0.1) is 6.92 Å². The molecule has 1 aliphatic heterocycles. The molecule has 1 saturated heterocycles. The van der Waals surface area contributed by atoms with E-state index in [1.807, 2.05) is 31.5 Å². The van der Waals surface area contributed by atoms with Crippen molar-refractivity contribution >= 4 is 17.2 Å². The highest BCUT2D eigenvalue weighted by Crippen LogP contribution is 2.25. The van der Waals surface area contributed by atoms with Crippen molar-refractivity contribution in [3.8, 4) is 0 Å².